The summed E-state index contributed by atoms with van der Waals surface area (Å²) < 4.78 is 29.4. The number of hydrogen-bond acceptors (Lipinski definition) is 6. The first-order valence-electron chi connectivity index (χ1n) is 8.84. The van der Waals surface area contributed by atoms with E-state index in [0.29, 0.717) is 11.7 Å². The van der Waals surface area contributed by atoms with E-state index in [2.05, 4.69) is 4.99 Å². The molecule has 6 nitrogen and oxygen atoms in total. The molecule has 2 aromatic rings. The molecule has 2 saturated heterocycles. The lowest BCUT2D eigenvalue weighted by atomic mass is 10.1. The van der Waals surface area contributed by atoms with Gasteiger partial charge in [-0.15, -0.1) is 11.3 Å². The Bertz CT molecular complexity index is 985. The number of hydrogen-bond donors (Lipinski definition) is 0. The Kier molecular flexibility index (Phi) is 5.48. The van der Waals surface area contributed by atoms with Gasteiger partial charge in [0.2, 0.25) is 0 Å². The number of aliphatic imine (C=N–C) groups is 1. The first-order chi connectivity index (χ1) is 13.4. The van der Waals surface area contributed by atoms with Crippen LogP contribution in [0.15, 0.2) is 46.8 Å². The van der Waals surface area contributed by atoms with Gasteiger partial charge in [-0.2, -0.15) is 4.99 Å². The Hall–Kier alpha value is -1.84. The van der Waals surface area contributed by atoms with Crippen molar-refractivity contribution in [3.05, 3.63) is 52.2 Å². The van der Waals surface area contributed by atoms with E-state index in [9.17, 15) is 13.2 Å². The summed E-state index contributed by atoms with van der Waals surface area (Å²) in [5.74, 6) is 0.812. The Morgan fingerprint density at radius 2 is 2.04 bits per heavy atom. The molecule has 9 heteroatoms. The number of thiophene rings is 1. The lowest BCUT2D eigenvalue weighted by molar-refractivity contribution is -0.117. The van der Waals surface area contributed by atoms with E-state index in [-0.39, 0.29) is 35.1 Å². The van der Waals surface area contributed by atoms with Gasteiger partial charge in [-0.1, -0.05) is 30.0 Å². The lowest BCUT2D eigenvalue weighted by Gasteiger charge is -2.24. The molecular weight excluding hydrogens is 416 g/mol. The molecule has 3 heterocycles. The minimum atomic E-state index is -3.06. The van der Waals surface area contributed by atoms with Gasteiger partial charge < -0.3 is 9.64 Å². The van der Waals surface area contributed by atoms with Crippen LogP contribution in [-0.2, 0) is 27.6 Å². The van der Waals surface area contributed by atoms with E-state index >= 15 is 0 Å². The second-order valence-electron chi connectivity index (χ2n) is 6.82. The van der Waals surface area contributed by atoms with Crippen molar-refractivity contribution in [2.75, 3.05) is 18.6 Å². The standard InChI is InChI=1S/C19H20N2O4S3/c1-25-14-6-4-13(5-7-14)10-21-16-11-28(23,24)12-17(16)27-19(21)20-18(22)9-15-3-2-8-26-15/h2-8,16-17H,9-12H2,1H3. The molecule has 1 aromatic carbocycles. The Morgan fingerprint density at radius 3 is 2.71 bits per heavy atom. The number of carbonyl (C=O) groups is 1. The summed E-state index contributed by atoms with van der Waals surface area (Å²) >= 11 is 2.95. The predicted octanol–water partition coefficient (Wildman–Crippen LogP) is 2.60. The summed E-state index contributed by atoms with van der Waals surface area (Å²) in [5.41, 5.74) is 1.02. The third kappa shape index (κ3) is 4.26. The molecule has 0 saturated carbocycles. The zero-order valence-electron chi connectivity index (χ0n) is 15.3. The molecule has 0 spiro atoms. The van der Waals surface area contributed by atoms with Gasteiger partial charge in [0.25, 0.3) is 5.91 Å². The number of rotatable bonds is 5. The minimum Gasteiger partial charge on any atom is -0.497 e. The average molecular weight is 437 g/mol. The lowest BCUT2D eigenvalue weighted by Crippen LogP contribution is -2.37. The summed E-state index contributed by atoms with van der Waals surface area (Å²) in [6.45, 7) is 0.513. The van der Waals surface area contributed by atoms with Gasteiger partial charge in [0.05, 0.1) is 31.1 Å². The van der Waals surface area contributed by atoms with Gasteiger partial charge in [-0.3, -0.25) is 4.79 Å². The Labute approximate surface area is 172 Å². The van der Waals surface area contributed by atoms with Crippen molar-refractivity contribution >= 4 is 44.0 Å². The fraction of sp³-hybridized carbons (Fsp3) is 0.368. The second-order valence-corrected chi connectivity index (χ2v) is 11.2. The molecular formula is C19H20N2O4S3. The van der Waals surface area contributed by atoms with Crippen molar-refractivity contribution < 1.29 is 17.9 Å². The minimum absolute atomic E-state index is 0.0727. The molecule has 2 fully saturated rings. The van der Waals surface area contributed by atoms with Gasteiger partial charge >= 0.3 is 0 Å². The first kappa shape index (κ1) is 19.5. The van der Waals surface area contributed by atoms with Gasteiger partial charge in [-0.25, -0.2) is 8.42 Å². The molecule has 0 bridgehead atoms. The van der Waals surface area contributed by atoms with Crippen LogP contribution in [0.1, 0.15) is 10.4 Å². The van der Waals surface area contributed by atoms with Crippen LogP contribution in [0.2, 0.25) is 0 Å². The van der Waals surface area contributed by atoms with Crippen molar-refractivity contribution in [3.63, 3.8) is 0 Å². The average Bonchev–Trinajstić information content (AvgIpc) is 3.33. The van der Waals surface area contributed by atoms with Crippen LogP contribution < -0.4 is 4.74 Å². The van der Waals surface area contributed by atoms with Crippen molar-refractivity contribution in [2.45, 2.75) is 24.3 Å². The van der Waals surface area contributed by atoms with E-state index in [1.54, 1.807) is 7.11 Å². The van der Waals surface area contributed by atoms with E-state index in [4.69, 9.17) is 4.74 Å². The molecule has 148 valence electrons. The summed E-state index contributed by atoms with van der Waals surface area (Å²) in [6, 6.07) is 11.3. The summed E-state index contributed by atoms with van der Waals surface area (Å²) in [4.78, 5) is 19.7. The van der Waals surface area contributed by atoms with Crippen molar-refractivity contribution in [3.8, 4) is 5.75 Å². The van der Waals surface area contributed by atoms with E-state index in [1.807, 2.05) is 46.7 Å². The van der Waals surface area contributed by atoms with Gasteiger partial charge in [0.15, 0.2) is 15.0 Å². The Balaban J connectivity index is 1.57. The first-order valence-corrected chi connectivity index (χ1v) is 12.4. The normalized spacial score (nSPS) is 24.5. The van der Waals surface area contributed by atoms with Crippen LogP contribution in [0, 0.1) is 0 Å². The van der Waals surface area contributed by atoms with Crippen molar-refractivity contribution in [2.24, 2.45) is 4.99 Å². The smallest absolute Gasteiger partial charge is 0.253 e. The molecule has 28 heavy (non-hydrogen) atoms. The molecule has 2 unspecified atom stereocenters. The van der Waals surface area contributed by atoms with Crippen LogP contribution in [0.5, 0.6) is 5.75 Å². The highest BCUT2D eigenvalue weighted by Gasteiger charge is 2.48. The summed E-state index contributed by atoms with van der Waals surface area (Å²) in [5, 5.41) is 2.49. The number of amides is 1. The molecule has 2 aliphatic rings. The fourth-order valence-electron chi connectivity index (χ4n) is 3.46. The number of benzene rings is 1. The van der Waals surface area contributed by atoms with Crippen LogP contribution in [0.25, 0.3) is 0 Å². The van der Waals surface area contributed by atoms with Crippen LogP contribution in [0.4, 0.5) is 0 Å². The van der Waals surface area contributed by atoms with Crippen LogP contribution in [0.3, 0.4) is 0 Å². The predicted molar refractivity (Wildman–Crippen MR) is 113 cm³/mol. The Morgan fingerprint density at radius 1 is 1.25 bits per heavy atom. The zero-order chi connectivity index (χ0) is 19.7. The van der Waals surface area contributed by atoms with Gasteiger partial charge in [0.1, 0.15) is 5.75 Å². The molecule has 1 aromatic heterocycles. The highest BCUT2D eigenvalue weighted by Crippen LogP contribution is 2.39. The number of amidine groups is 1. The SMILES string of the molecule is COc1ccc(CN2C(=NC(=O)Cc3cccs3)SC3CS(=O)(=O)CC32)cc1. The monoisotopic (exact) mass is 436 g/mol. The number of methoxy groups -OCH3 is 1. The van der Waals surface area contributed by atoms with E-state index in [0.717, 1.165) is 16.2 Å². The van der Waals surface area contributed by atoms with Crippen molar-refractivity contribution in [1.29, 1.82) is 0 Å². The number of fused-ring (bicyclic) bond motifs is 1. The topological polar surface area (TPSA) is 76.0 Å². The molecule has 4 rings (SSSR count). The maximum absolute atomic E-state index is 12.4. The number of thioether (sulfide) groups is 1. The van der Waals surface area contributed by atoms with E-state index < -0.39 is 9.84 Å². The maximum atomic E-state index is 12.4. The largest absolute Gasteiger partial charge is 0.497 e. The van der Waals surface area contributed by atoms with Gasteiger partial charge in [0, 0.05) is 16.7 Å². The summed E-state index contributed by atoms with van der Waals surface area (Å²) in [7, 11) is -1.44. The number of nitrogens with zero attached hydrogens (tertiary/aromatic N) is 2. The molecule has 2 atom stereocenters. The maximum Gasteiger partial charge on any atom is 0.253 e. The third-order valence-electron chi connectivity index (χ3n) is 4.81. The second kappa shape index (κ2) is 7.88. The third-order valence-corrected chi connectivity index (χ3v) is 8.94. The molecule has 2 aliphatic heterocycles. The highest BCUT2D eigenvalue weighted by atomic mass is 32.2. The van der Waals surface area contributed by atoms with Crippen LogP contribution >= 0.6 is 23.1 Å². The van der Waals surface area contributed by atoms with Crippen LogP contribution in [-0.4, -0.2) is 54.3 Å². The number of carbonyl (C=O) groups excluding carboxylic acids is 1. The molecule has 0 N–H and O–H groups in total. The van der Waals surface area contributed by atoms with E-state index in [1.165, 1.54) is 23.1 Å². The van der Waals surface area contributed by atoms with Crippen molar-refractivity contribution in [1.82, 2.24) is 4.90 Å². The molecule has 0 aliphatic carbocycles. The number of sulfone groups is 1. The zero-order valence-corrected chi connectivity index (χ0v) is 17.7. The summed E-state index contributed by atoms with van der Waals surface area (Å²) in [6.07, 6.45) is 0.270. The highest BCUT2D eigenvalue weighted by molar-refractivity contribution is 8.15. The quantitative estimate of drug-likeness (QED) is 0.717. The van der Waals surface area contributed by atoms with Gasteiger partial charge in [-0.05, 0) is 29.1 Å². The molecule has 1 amide bonds. The number of ether oxygens (including phenoxy) is 1. The molecule has 0 radical (unpaired) electrons. The fourth-order valence-corrected chi connectivity index (χ4v) is 8.12.